The molecule has 6 aromatic rings. The highest BCUT2D eigenvalue weighted by Gasteiger charge is 2.26. The van der Waals surface area contributed by atoms with Gasteiger partial charge >= 0.3 is 0 Å². The number of nitrogens with zero attached hydrogens (tertiary/aromatic N) is 2. The van der Waals surface area contributed by atoms with E-state index in [1.807, 2.05) is 72.8 Å². The number of carbonyl (C=O) groups excluding carboxylic acids is 1. The number of rotatable bonds is 21. The molecule has 0 fully saturated rings. The van der Waals surface area contributed by atoms with E-state index < -0.39 is 0 Å². The van der Waals surface area contributed by atoms with E-state index in [2.05, 4.69) is 118 Å². The average Bonchev–Trinajstić information content (AvgIpc) is 3.32. The third-order valence-corrected chi connectivity index (χ3v) is 11.8. The van der Waals surface area contributed by atoms with Gasteiger partial charge in [-0.1, -0.05) is 198 Å². The maximum atomic E-state index is 12.5. The van der Waals surface area contributed by atoms with E-state index in [1.165, 1.54) is 5.56 Å². The number of allylic oxidation sites excluding steroid dienone is 1. The Hall–Kier alpha value is -5.85. The standard InChI is InChI=1S/2C30H37NO2/c2*1-6-7-9-17-25-28(26(19-32)30(22(4)5)31-29(25)21(2)3)24-16-12-13-18-27(24)33-20-23-14-10-8-11-15-23/h8,10-16,18-19,21-22H,6-7,9,17,20H2,1-5H3;8-18,21-22,32H,6-7,19-20H2,1-5H3. The van der Waals surface area contributed by atoms with Gasteiger partial charge in [0.1, 0.15) is 24.7 Å². The SMILES string of the molecule is CCCC=Cc1c(C(C)C)nc(C(C)C)c(CO)c1-c1ccccc1OCc1ccccc1.CCCCCc1c(C(C)C)nc(C(C)C)c(C=O)c1-c1ccccc1OCc1ccccc1. The number of hydrogen-bond acceptors (Lipinski definition) is 6. The molecular formula is C60H74N2O4. The molecule has 0 radical (unpaired) electrons. The number of aromatic nitrogens is 2. The molecule has 6 rings (SSSR count). The molecule has 66 heavy (non-hydrogen) atoms. The summed E-state index contributed by atoms with van der Waals surface area (Å²) in [5.74, 6) is 2.51. The minimum absolute atomic E-state index is 0.0597. The van der Waals surface area contributed by atoms with Crippen molar-refractivity contribution in [3.05, 3.63) is 171 Å². The van der Waals surface area contributed by atoms with E-state index in [0.29, 0.717) is 18.8 Å². The van der Waals surface area contributed by atoms with Crippen LogP contribution in [0.2, 0.25) is 0 Å². The molecule has 1 N–H and O–H groups in total. The Morgan fingerprint density at radius 3 is 1.41 bits per heavy atom. The topological polar surface area (TPSA) is 81.5 Å². The molecule has 0 aliphatic heterocycles. The third kappa shape index (κ3) is 13.2. The van der Waals surface area contributed by atoms with Gasteiger partial charge in [0.05, 0.1) is 18.0 Å². The van der Waals surface area contributed by atoms with Crippen LogP contribution < -0.4 is 9.47 Å². The molecule has 0 aliphatic rings. The van der Waals surface area contributed by atoms with Crippen molar-refractivity contribution < 1.29 is 19.4 Å². The van der Waals surface area contributed by atoms with E-state index in [9.17, 15) is 9.90 Å². The zero-order valence-electron chi connectivity index (χ0n) is 41.4. The molecule has 0 saturated heterocycles. The Morgan fingerprint density at radius 2 is 0.970 bits per heavy atom. The quantitative estimate of drug-likeness (QED) is 0.0573. The Kier molecular flexibility index (Phi) is 19.9. The van der Waals surface area contributed by atoms with Crippen LogP contribution >= 0.6 is 0 Å². The first kappa shape index (κ1) is 51.1. The summed E-state index contributed by atoms with van der Waals surface area (Å²) in [5.41, 5.74) is 14.1. The Morgan fingerprint density at radius 1 is 0.530 bits per heavy atom. The van der Waals surface area contributed by atoms with Crippen LogP contribution in [0.25, 0.3) is 28.3 Å². The average molecular weight is 887 g/mol. The van der Waals surface area contributed by atoms with E-state index >= 15 is 0 Å². The van der Waals surface area contributed by atoms with Gasteiger partial charge in [0.25, 0.3) is 0 Å². The molecule has 6 nitrogen and oxygen atoms in total. The fraction of sp³-hybridized carbons (Fsp3) is 0.383. The van der Waals surface area contributed by atoms with Crippen LogP contribution in [-0.2, 0) is 26.2 Å². The smallest absolute Gasteiger partial charge is 0.152 e. The van der Waals surface area contributed by atoms with Crippen LogP contribution in [0.5, 0.6) is 11.5 Å². The van der Waals surface area contributed by atoms with E-state index in [1.54, 1.807) is 0 Å². The number of benzene rings is 4. The number of aldehydes is 1. The Balaban J connectivity index is 0.000000247. The largest absolute Gasteiger partial charge is 0.488 e. The van der Waals surface area contributed by atoms with Crippen molar-refractivity contribution >= 4 is 12.4 Å². The molecule has 0 bridgehead atoms. The first-order chi connectivity index (χ1) is 31.9. The van der Waals surface area contributed by atoms with Gasteiger partial charge < -0.3 is 14.6 Å². The van der Waals surface area contributed by atoms with Crippen molar-refractivity contribution in [2.24, 2.45) is 0 Å². The summed E-state index contributed by atoms with van der Waals surface area (Å²) in [6, 6.07) is 36.7. The van der Waals surface area contributed by atoms with Crippen molar-refractivity contribution in [3.63, 3.8) is 0 Å². The molecule has 0 amide bonds. The number of unbranched alkanes of at least 4 members (excludes halogenated alkanes) is 3. The lowest BCUT2D eigenvalue weighted by Gasteiger charge is -2.24. The normalized spacial score (nSPS) is 11.4. The number of pyridine rings is 2. The number of ether oxygens (including phenoxy) is 2. The van der Waals surface area contributed by atoms with Crippen LogP contribution in [0.1, 0.15) is 186 Å². The van der Waals surface area contributed by atoms with Crippen LogP contribution in [0.3, 0.4) is 0 Å². The predicted molar refractivity (Wildman–Crippen MR) is 276 cm³/mol. The lowest BCUT2D eigenvalue weighted by atomic mass is 9.85. The molecule has 4 aromatic carbocycles. The van der Waals surface area contributed by atoms with Gasteiger partial charge in [0.2, 0.25) is 0 Å². The van der Waals surface area contributed by atoms with Crippen LogP contribution in [0.4, 0.5) is 0 Å². The highest BCUT2D eigenvalue weighted by atomic mass is 16.5. The monoisotopic (exact) mass is 887 g/mol. The molecule has 0 atom stereocenters. The maximum Gasteiger partial charge on any atom is 0.152 e. The lowest BCUT2D eigenvalue weighted by Crippen LogP contribution is -2.12. The molecule has 6 heteroatoms. The minimum atomic E-state index is -0.0597. The summed E-state index contributed by atoms with van der Waals surface area (Å²) in [6.45, 7) is 22.6. The van der Waals surface area contributed by atoms with E-state index in [0.717, 1.165) is 124 Å². The van der Waals surface area contributed by atoms with Crippen molar-refractivity contribution in [1.29, 1.82) is 0 Å². The summed E-state index contributed by atoms with van der Waals surface area (Å²) < 4.78 is 12.7. The fourth-order valence-corrected chi connectivity index (χ4v) is 8.49. The maximum absolute atomic E-state index is 12.5. The zero-order valence-corrected chi connectivity index (χ0v) is 41.4. The first-order valence-electron chi connectivity index (χ1n) is 24.3. The molecule has 348 valence electrons. The van der Waals surface area contributed by atoms with Gasteiger partial charge in [0, 0.05) is 50.3 Å². The lowest BCUT2D eigenvalue weighted by molar-refractivity contribution is 0.112. The number of aliphatic hydroxyl groups excluding tert-OH is 1. The molecule has 0 aliphatic carbocycles. The highest BCUT2D eigenvalue weighted by molar-refractivity contribution is 5.93. The number of carbonyl (C=O) groups is 1. The van der Waals surface area contributed by atoms with Crippen molar-refractivity contribution in [2.75, 3.05) is 0 Å². The summed E-state index contributed by atoms with van der Waals surface area (Å²) in [5, 5.41) is 10.5. The van der Waals surface area contributed by atoms with Crippen LogP contribution in [0.15, 0.2) is 115 Å². The van der Waals surface area contributed by atoms with Crippen molar-refractivity contribution in [2.45, 2.75) is 151 Å². The molecule has 0 saturated carbocycles. The van der Waals surface area contributed by atoms with Crippen LogP contribution in [-0.4, -0.2) is 21.4 Å². The van der Waals surface area contributed by atoms with Gasteiger partial charge in [-0.25, -0.2) is 0 Å². The molecule has 2 aromatic heterocycles. The number of hydrogen-bond donors (Lipinski definition) is 1. The van der Waals surface area contributed by atoms with Gasteiger partial charge in [-0.05, 0) is 71.8 Å². The molecule has 0 spiro atoms. The molecule has 0 unspecified atom stereocenters. The minimum Gasteiger partial charge on any atom is -0.488 e. The van der Waals surface area contributed by atoms with E-state index in [-0.39, 0.29) is 30.3 Å². The van der Waals surface area contributed by atoms with E-state index in [4.69, 9.17) is 19.4 Å². The Bertz CT molecular complexity index is 2470. The Labute approximate surface area is 396 Å². The fourth-order valence-electron chi connectivity index (χ4n) is 8.49. The summed E-state index contributed by atoms with van der Waals surface area (Å²) in [4.78, 5) is 22.6. The number of aliphatic hydroxyl groups is 1. The third-order valence-electron chi connectivity index (χ3n) is 11.8. The summed E-state index contributed by atoms with van der Waals surface area (Å²) >= 11 is 0. The second-order valence-corrected chi connectivity index (χ2v) is 18.4. The van der Waals surface area contributed by atoms with Crippen molar-refractivity contribution in [1.82, 2.24) is 9.97 Å². The zero-order chi connectivity index (χ0) is 47.6. The highest BCUT2D eigenvalue weighted by Crippen LogP contribution is 2.43. The first-order valence-corrected chi connectivity index (χ1v) is 24.3. The predicted octanol–water partition coefficient (Wildman–Crippen LogP) is 16.0. The van der Waals surface area contributed by atoms with Gasteiger partial charge in [-0.2, -0.15) is 0 Å². The van der Waals surface area contributed by atoms with Gasteiger partial charge in [-0.15, -0.1) is 0 Å². The molecular weight excluding hydrogens is 813 g/mol. The van der Waals surface area contributed by atoms with Crippen molar-refractivity contribution in [3.8, 4) is 33.8 Å². The summed E-state index contributed by atoms with van der Waals surface area (Å²) in [6.07, 6.45) is 11.8. The second kappa shape index (κ2) is 25.7. The van der Waals surface area contributed by atoms with Gasteiger partial charge in [-0.3, -0.25) is 14.8 Å². The van der Waals surface area contributed by atoms with Crippen LogP contribution in [0, 0.1) is 0 Å². The number of para-hydroxylation sites is 2. The summed E-state index contributed by atoms with van der Waals surface area (Å²) in [7, 11) is 0. The second-order valence-electron chi connectivity index (χ2n) is 18.4. The molecule has 2 heterocycles. The van der Waals surface area contributed by atoms with Gasteiger partial charge in [0.15, 0.2) is 6.29 Å².